The SMILES string of the molecule is CON(C)S(=O)(=O)c1cccc(C(=O)O[C@H](C)C(=O)N[C@H]2CCCC[C@H]2C)c1. The summed E-state index contributed by atoms with van der Waals surface area (Å²) in [7, 11) is -1.42. The number of benzene rings is 1. The molecule has 3 atom stereocenters. The van der Waals surface area contributed by atoms with Crippen LogP contribution in [0.3, 0.4) is 0 Å². The number of ether oxygens (including phenoxy) is 1. The number of hydrogen-bond acceptors (Lipinski definition) is 6. The van der Waals surface area contributed by atoms with Gasteiger partial charge in [-0.1, -0.05) is 30.3 Å². The van der Waals surface area contributed by atoms with Crippen molar-refractivity contribution in [3.05, 3.63) is 29.8 Å². The van der Waals surface area contributed by atoms with Crippen LogP contribution in [0.1, 0.15) is 49.9 Å². The summed E-state index contributed by atoms with van der Waals surface area (Å²) in [5, 5.41) is 2.95. The summed E-state index contributed by atoms with van der Waals surface area (Å²) >= 11 is 0. The second-order valence-corrected chi connectivity index (χ2v) is 8.99. The van der Waals surface area contributed by atoms with Gasteiger partial charge in [0.25, 0.3) is 15.9 Å². The molecule has 1 aromatic carbocycles. The topological polar surface area (TPSA) is 102 Å². The molecule has 156 valence electrons. The van der Waals surface area contributed by atoms with Crippen LogP contribution in [0.2, 0.25) is 0 Å². The Morgan fingerprint density at radius 1 is 1.25 bits per heavy atom. The van der Waals surface area contributed by atoms with E-state index in [9.17, 15) is 18.0 Å². The fourth-order valence-corrected chi connectivity index (χ4v) is 4.16. The highest BCUT2D eigenvalue weighted by Crippen LogP contribution is 2.24. The highest BCUT2D eigenvalue weighted by atomic mass is 32.2. The van der Waals surface area contributed by atoms with Gasteiger partial charge in [-0.2, -0.15) is 0 Å². The number of nitrogens with one attached hydrogen (secondary N) is 1. The molecule has 2 rings (SSSR count). The smallest absolute Gasteiger partial charge is 0.338 e. The molecular formula is C19H28N2O6S. The van der Waals surface area contributed by atoms with E-state index in [2.05, 4.69) is 12.2 Å². The van der Waals surface area contributed by atoms with Crippen molar-refractivity contribution in [3.63, 3.8) is 0 Å². The molecule has 28 heavy (non-hydrogen) atoms. The first-order valence-corrected chi connectivity index (χ1v) is 10.7. The maximum Gasteiger partial charge on any atom is 0.338 e. The number of esters is 1. The second-order valence-electron chi connectivity index (χ2n) is 7.05. The van der Waals surface area contributed by atoms with E-state index in [0.717, 1.165) is 25.7 Å². The number of carbonyl (C=O) groups excluding carboxylic acids is 2. The molecule has 0 aliphatic heterocycles. The second kappa shape index (κ2) is 9.49. The molecule has 1 aliphatic rings. The maximum atomic E-state index is 12.4. The van der Waals surface area contributed by atoms with E-state index in [1.165, 1.54) is 45.3 Å². The fraction of sp³-hybridized carbons (Fsp3) is 0.579. The van der Waals surface area contributed by atoms with Gasteiger partial charge >= 0.3 is 5.97 Å². The number of hydrogen-bond donors (Lipinski definition) is 1. The summed E-state index contributed by atoms with van der Waals surface area (Å²) in [6, 6.07) is 5.49. The third-order valence-corrected chi connectivity index (χ3v) is 6.73. The van der Waals surface area contributed by atoms with Crippen LogP contribution in [0.4, 0.5) is 0 Å². The summed E-state index contributed by atoms with van der Waals surface area (Å²) in [4.78, 5) is 29.4. The minimum Gasteiger partial charge on any atom is -0.449 e. The molecule has 1 aliphatic carbocycles. The Morgan fingerprint density at radius 3 is 2.57 bits per heavy atom. The average Bonchev–Trinajstić information content (AvgIpc) is 2.68. The standard InChI is InChI=1S/C19H28N2O6S/c1-13-8-5-6-11-17(13)20-18(22)14(2)27-19(23)15-9-7-10-16(12-15)28(24,25)21(3)26-4/h7,9-10,12-14,17H,5-6,8,11H2,1-4H3,(H,20,22)/t13-,14-,17+/m1/s1. The Kier molecular flexibility index (Phi) is 7.56. The predicted octanol–water partition coefficient (Wildman–Crippen LogP) is 2.11. The molecule has 0 radical (unpaired) electrons. The normalized spacial score (nSPS) is 21.2. The Labute approximate surface area is 166 Å². The van der Waals surface area contributed by atoms with Gasteiger partial charge in [-0.3, -0.25) is 9.63 Å². The van der Waals surface area contributed by atoms with E-state index in [4.69, 9.17) is 9.57 Å². The molecule has 1 amide bonds. The molecule has 0 spiro atoms. The zero-order chi connectivity index (χ0) is 20.9. The predicted molar refractivity (Wildman–Crippen MR) is 103 cm³/mol. The monoisotopic (exact) mass is 412 g/mol. The van der Waals surface area contributed by atoms with E-state index >= 15 is 0 Å². The third kappa shape index (κ3) is 5.30. The van der Waals surface area contributed by atoms with Gasteiger partial charge in [-0.05, 0) is 43.9 Å². The first-order chi connectivity index (χ1) is 13.2. The summed E-state index contributed by atoms with van der Waals surface area (Å²) in [6.07, 6.45) is 3.23. The van der Waals surface area contributed by atoms with Crippen LogP contribution in [0.25, 0.3) is 0 Å². The van der Waals surface area contributed by atoms with Gasteiger partial charge < -0.3 is 10.1 Å². The zero-order valence-electron chi connectivity index (χ0n) is 16.7. The van der Waals surface area contributed by atoms with Crippen molar-refractivity contribution in [2.75, 3.05) is 14.2 Å². The van der Waals surface area contributed by atoms with E-state index in [0.29, 0.717) is 10.4 Å². The van der Waals surface area contributed by atoms with Gasteiger partial charge in [0, 0.05) is 13.1 Å². The van der Waals surface area contributed by atoms with Crippen LogP contribution in [0.5, 0.6) is 0 Å². The van der Waals surface area contributed by atoms with Crippen molar-refractivity contribution in [2.45, 2.75) is 56.6 Å². The van der Waals surface area contributed by atoms with Gasteiger partial charge in [0.15, 0.2) is 6.10 Å². The molecule has 1 N–H and O–H groups in total. The molecule has 0 unspecified atom stereocenters. The van der Waals surface area contributed by atoms with Crippen molar-refractivity contribution < 1.29 is 27.6 Å². The maximum absolute atomic E-state index is 12.4. The molecule has 0 bridgehead atoms. The lowest BCUT2D eigenvalue weighted by atomic mass is 9.86. The summed E-state index contributed by atoms with van der Waals surface area (Å²) in [6.45, 7) is 3.60. The van der Waals surface area contributed by atoms with Crippen LogP contribution in [-0.4, -0.2) is 51.1 Å². The van der Waals surface area contributed by atoms with Crippen molar-refractivity contribution in [1.82, 2.24) is 9.79 Å². The number of hydroxylamine groups is 1. The highest BCUT2D eigenvalue weighted by Gasteiger charge is 2.27. The molecule has 1 fully saturated rings. The first-order valence-electron chi connectivity index (χ1n) is 9.31. The molecule has 0 saturated heterocycles. The largest absolute Gasteiger partial charge is 0.449 e. The minimum absolute atomic E-state index is 0.0382. The minimum atomic E-state index is -3.89. The number of nitrogens with zero attached hydrogens (tertiary/aromatic N) is 1. The van der Waals surface area contributed by atoms with Crippen LogP contribution in [0.15, 0.2) is 29.2 Å². The highest BCUT2D eigenvalue weighted by molar-refractivity contribution is 7.89. The Morgan fingerprint density at radius 2 is 1.93 bits per heavy atom. The van der Waals surface area contributed by atoms with Gasteiger partial charge in [0.2, 0.25) is 0 Å². The van der Waals surface area contributed by atoms with Crippen molar-refractivity contribution >= 4 is 21.9 Å². The molecule has 0 heterocycles. The first kappa shape index (κ1) is 22.3. The molecule has 9 heteroatoms. The number of rotatable bonds is 7. The van der Waals surface area contributed by atoms with E-state index in [1.807, 2.05) is 0 Å². The average molecular weight is 413 g/mol. The quantitative estimate of drug-likeness (QED) is 0.544. The number of carbonyl (C=O) groups is 2. The van der Waals surface area contributed by atoms with Gasteiger partial charge in [-0.25, -0.2) is 13.2 Å². The number of amides is 1. The van der Waals surface area contributed by atoms with E-state index < -0.39 is 22.1 Å². The molecular weight excluding hydrogens is 384 g/mol. The summed E-state index contributed by atoms with van der Waals surface area (Å²) in [5.74, 6) is -0.730. The molecule has 0 aromatic heterocycles. The van der Waals surface area contributed by atoms with Crippen molar-refractivity contribution in [3.8, 4) is 0 Å². The lowest BCUT2D eigenvalue weighted by molar-refractivity contribution is -0.130. The van der Waals surface area contributed by atoms with Crippen LogP contribution >= 0.6 is 0 Å². The Hall–Kier alpha value is -1.97. The van der Waals surface area contributed by atoms with Crippen LogP contribution < -0.4 is 5.32 Å². The van der Waals surface area contributed by atoms with Crippen LogP contribution in [-0.2, 0) is 24.4 Å². The van der Waals surface area contributed by atoms with Gasteiger partial charge in [0.05, 0.1) is 17.6 Å². The lowest BCUT2D eigenvalue weighted by Gasteiger charge is -2.30. The molecule has 1 aromatic rings. The Bertz CT molecular complexity index is 810. The lowest BCUT2D eigenvalue weighted by Crippen LogP contribution is -2.46. The zero-order valence-corrected chi connectivity index (χ0v) is 17.5. The number of sulfonamides is 1. The third-order valence-electron chi connectivity index (χ3n) is 5.06. The van der Waals surface area contributed by atoms with Crippen molar-refractivity contribution in [1.29, 1.82) is 0 Å². The fourth-order valence-electron chi connectivity index (χ4n) is 3.14. The Balaban J connectivity index is 2.04. The molecule has 8 nitrogen and oxygen atoms in total. The van der Waals surface area contributed by atoms with Crippen molar-refractivity contribution in [2.24, 2.45) is 5.92 Å². The van der Waals surface area contributed by atoms with Crippen LogP contribution in [0, 0.1) is 5.92 Å². The van der Waals surface area contributed by atoms with E-state index in [1.54, 1.807) is 0 Å². The van der Waals surface area contributed by atoms with Gasteiger partial charge in [-0.15, -0.1) is 0 Å². The van der Waals surface area contributed by atoms with Gasteiger partial charge in [0.1, 0.15) is 0 Å². The molecule has 1 saturated carbocycles. The summed E-state index contributed by atoms with van der Waals surface area (Å²) < 4.78 is 30.5. The van der Waals surface area contributed by atoms with E-state index in [-0.39, 0.29) is 22.4 Å². The summed E-state index contributed by atoms with van der Waals surface area (Å²) in [5.41, 5.74) is 0.0382.